The van der Waals surface area contributed by atoms with Crippen LogP contribution < -0.4 is 0 Å². The summed E-state index contributed by atoms with van der Waals surface area (Å²) in [6.07, 6.45) is 5.52. The Hall–Kier alpha value is -3.01. The maximum atomic E-state index is 12.9. The van der Waals surface area contributed by atoms with Crippen LogP contribution in [0.15, 0.2) is 41.3 Å². The predicted molar refractivity (Wildman–Crippen MR) is 111 cm³/mol. The summed E-state index contributed by atoms with van der Waals surface area (Å²) in [7, 11) is 1.74. The molecule has 10 heteroatoms. The average Bonchev–Trinajstić information content (AvgIpc) is 3.44. The number of hydrogen-bond donors (Lipinski definition) is 0. The topological polar surface area (TPSA) is 86.1 Å². The Morgan fingerprint density at radius 3 is 2.62 bits per heavy atom. The van der Waals surface area contributed by atoms with Gasteiger partial charge in [0.25, 0.3) is 5.91 Å². The maximum absolute atomic E-state index is 12.9. The molecule has 0 N–H and O–H groups in total. The molecule has 29 heavy (non-hydrogen) atoms. The summed E-state index contributed by atoms with van der Waals surface area (Å²) in [5.41, 5.74) is 3.26. The minimum Gasteiger partial charge on any atom is -0.334 e. The van der Waals surface area contributed by atoms with Gasteiger partial charge in [0.15, 0.2) is 11.3 Å². The fourth-order valence-corrected chi connectivity index (χ4v) is 3.61. The highest BCUT2D eigenvalue weighted by Gasteiger charge is 2.20. The fraction of sp³-hybridized carbons (Fsp3) is 0.316. The molecule has 4 aromatic heterocycles. The zero-order chi connectivity index (χ0) is 20.5. The molecule has 0 saturated heterocycles. The van der Waals surface area contributed by atoms with Gasteiger partial charge in [-0.3, -0.25) is 14.2 Å². The number of nitrogens with zero attached hydrogens (tertiary/aromatic N) is 8. The van der Waals surface area contributed by atoms with Crippen molar-refractivity contribution in [3.8, 4) is 11.4 Å². The molecule has 0 saturated carbocycles. The summed E-state index contributed by atoms with van der Waals surface area (Å²) in [5.74, 6) is -0.189. The molecule has 1 amide bonds. The van der Waals surface area contributed by atoms with Crippen molar-refractivity contribution >= 4 is 27.5 Å². The number of carbonyl (C=O) groups excluding carboxylic acids is 1. The molecule has 0 fully saturated rings. The number of rotatable bonds is 6. The first-order chi connectivity index (χ1) is 14.0. The molecule has 0 bridgehead atoms. The van der Waals surface area contributed by atoms with Gasteiger partial charge in [0.2, 0.25) is 0 Å². The first-order valence-electron chi connectivity index (χ1n) is 9.36. The SMILES string of the molecule is CCn1ccc(CN(C)C(=O)c2cc3nccc(-c4nn(CC)cc4Br)n3n2)n1. The Morgan fingerprint density at radius 2 is 1.93 bits per heavy atom. The lowest BCUT2D eigenvalue weighted by Gasteiger charge is -2.14. The number of carbonyl (C=O) groups is 1. The van der Waals surface area contributed by atoms with Gasteiger partial charge >= 0.3 is 0 Å². The van der Waals surface area contributed by atoms with Gasteiger partial charge in [-0.2, -0.15) is 15.3 Å². The molecule has 0 atom stereocenters. The second-order valence-corrected chi connectivity index (χ2v) is 7.49. The third kappa shape index (κ3) is 3.67. The molecule has 150 valence electrons. The molecular weight excluding hydrogens is 436 g/mol. The summed E-state index contributed by atoms with van der Waals surface area (Å²) in [4.78, 5) is 18.9. The van der Waals surface area contributed by atoms with E-state index in [1.807, 2.05) is 47.7 Å². The molecule has 4 heterocycles. The molecule has 0 aromatic carbocycles. The molecular formula is C19H21BrN8O. The van der Waals surface area contributed by atoms with Gasteiger partial charge in [-0.05, 0) is 41.9 Å². The second-order valence-electron chi connectivity index (χ2n) is 6.63. The van der Waals surface area contributed by atoms with E-state index >= 15 is 0 Å². The minimum atomic E-state index is -0.189. The van der Waals surface area contributed by atoms with E-state index < -0.39 is 0 Å². The Kier molecular flexibility index (Phi) is 5.18. The lowest BCUT2D eigenvalue weighted by Crippen LogP contribution is -2.27. The molecule has 0 spiro atoms. The van der Waals surface area contributed by atoms with Crippen LogP contribution in [0.25, 0.3) is 17.0 Å². The summed E-state index contributed by atoms with van der Waals surface area (Å²) in [6, 6.07) is 5.44. The average molecular weight is 457 g/mol. The highest BCUT2D eigenvalue weighted by Crippen LogP contribution is 2.27. The van der Waals surface area contributed by atoms with Crippen molar-refractivity contribution in [1.82, 2.24) is 39.1 Å². The number of aryl methyl sites for hydroxylation is 2. The number of hydrogen-bond acceptors (Lipinski definition) is 5. The lowest BCUT2D eigenvalue weighted by atomic mass is 10.3. The van der Waals surface area contributed by atoms with E-state index in [1.165, 1.54) is 0 Å². The van der Waals surface area contributed by atoms with E-state index in [1.54, 1.807) is 28.7 Å². The molecule has 4 aromatic rings. The van der Waals surface area contributed by atoms with Gasteiger partial charge in [-0.25, -0.2) is 9.50 Å². The highest BCUT2D eigenvalue weighted by atomic mass is 79.9. The predicted octanol–water partition coefficient (Wildman–Crippen LogP) is 2.86. The quantitative estimate of drug-likeness (QED) is 0.445. The maximum Gasteiger partial charge on any atom is 0.274 e. The lowest BCUT2D eigenvalue weighted by molar-refractivity contribution is 0.0777. The Morgan fingerprint density at radius 1 is 1.14 bits per heavy atom. The summed E-state index contributed by atoms with van der Waals surface area (Å²) >= 11 is 3.56. The monoisotopic (exact) mass is 456 g/mol. The van der Waals surface area contributed by atoms with Crippen LogP contribution in [0, 0.1) is 0 Å². The normalized spacial score (nSPS) is 11.3. The third-order valence-corrected chi connectivity index (χ3v) is 5.21. The van der Waals surface area contributed by atoms with E-state index in [2.05, 4.69) is 36.2 Å². The molecule has 4 rings (SSSR count). The van der Waals surface area contributed by atoms with Crippen molar-refractivity contribution in [2.75, 3.05) is 7.05 Å². The third-order valence-electron chi connectivity index (χ3n) is 4.63. The van der Waals surface area contributed by atoms with E-state index in [0.29, 0.717) is 17.9 Å². The Balaban J connectivity index is 1.64. The standard InChI is InChI=1S/C19H21BrN8O/c1-4-26-9-7-13(22-26)11-25(3)19(29)15-10-17-21-8-6-16(28(17)23-15)18-14(20)12-27(5-2)24-18/h6-10,12H,4-5,11H2,1-3H3. The van der Waals surface area contributed by atoms with Crippen molar-refractivity contribution in [2.24, 2.45) is 0 Å². The molecule has 0 aliphatic rings. The molecule has 0 aliphatic carbocycles. The summed E-state index contributed by atoms with van der Waals surface area (Å²) in [6.45, 7) is 6.01. The van der Waals surface area contributed by atoms with Gasteiger partial charge < -0.3 is 4.90 Å². The molecule has 0 radical (unpaired) electrons. The van der Waals surface area contributed by atoms with E-state index in [4.69, 9.17) is 0 Å². The van der Waals surface area contributed by atoms with Gasteiger partial charge in [0.05, 0.1) is 22.4 Å². The largest absolute Gasteiger partial charge is 0.334 e. The smallest absolute Gasteiger partial charge is 0.274 e. The van der Waals surface area contributed by atoms with Crippen LogP contribution in [-0.2, 0) is 19.6 Å². The summed E-state index contributed by atoms with van der Waals surface area (Å²) < 4.78 is 6.19. The van der Waals surface area contributed by atoms with Crippen molar-refractivity contribution < 1.29 is 4.79 Å². The van der Waals surface area contributed by atoms with Gasteiger partial charge in [0, 0.05) is 44.8 Å². The molecule has 0 aliphatic heterocycles. The highest BCUT2D eigenvalue weighted by molar-refractivity contribution is 9.10. The van der Waals surface area contributed by atoms with E-state index in [0.717, 1.165) is 34.6 Å². The number of aromatic nitrogens is 7. The number of amides is 1. The van der Waals surface area contributed by atoms with Gasteiger partial charge in [-0.1, -0.05) is 0 Å². The number of fused-ring (bicyclic) bond motifs is 1. The zero-order valence-corrected chi connectivity index (χ0v) is 18.0. The minimum absolute atomic E-state index is 0.189. The van der Waals surface area contributed by atoms with Crippen molar-refractivity contribution in [2.45, 2.75) is 33.5 Å². The first kappa shape index (κ1) is 19.3. The molecule has 9 nitrogen and oxygen atoms in total. The zero-order valence-electron chi connectivity index (χ0n) is 16.4. The summed E-state index contributed by atoms with van der Waals surface area (Å²) in [5, 5.41) is 13.5. The Bertz CT molecular complexity index is 1170. The van der Waals surface area contributed by atoms with Gasteiger partial charge in [-0.15, -0.1) is 0 Å². The van der Waals surface area contributed by atoms with E-state index in [-0.39, 0.29) is 5.91 Å². The van der Waals surface area contributed by atoms with Crippen LogP contribution in [0.2, 0.25) is 0 Å². The molecule has 0 unspecified atom stereocenters. The van der Waals surface area contributed by atoms with Crippen LogP contribution in [0.4, 0.5) is 0 Å². The van der Waals surface area contributed by atoms with Crippen LogP contribution in [0.3, 0.4) is 0 Å². The van der Waals surface area contributed by atoms with Crippen LogP contribution in [0.1, 0.15) is 30.0 Å². The fourth-order valence-electron chi connectivity index (χ4n) is 3.09. The first-order valence-corrected chi connectivity index (χ1v) is 10.1. The Labute approximate surface area is 176 Å². The van der Waals surface area contributed by atoms with Crippen molar-refractivity contribution in [3.05, 3.63) is 52.7 Å². The van der Waals surface area contributed by atoms with E-state index in [9.17, 15) is 4.79 Å². The van der Waals surface area contributed by atoms with Crippen LogP contribution >= 0.6 is 15.9 Å². The second kappa shape index (κ2) is 7.78. The van der Waals surface area contributed by atoms with Gasteiger partial charge in [0.1, 0.15) is 5.69 Å². The van der Waals surface area contributed by atoms with Crippen LogP contribution in [-0.4, -0.2) is 52.0 Å². The van der Waals surface area contributed by atoms with Crippen molar-refractivity contribution in [1.29, 1.82) is 0 Å². The number of halogens is 1. The van der Waals surface area contributed by atoms with Crippen LogP contribution in [0.5, 0.6) is 0 Å². The van der Waals surface area contributed by atoms with Crippen molar-refractivity contribution in [3.63, 3.8) is 0 Å².